The fourth-order valence-electron chi connectivity index (χ4n) is 1.53. The lowest BCUT2D eigenvalue weighted by Crippen LogP contribution is -2.11. The van der Waals surface area contributed by atoms with Crippen LogP contribution in [-0.2, 0) is 7.05 Å². The first kappa shape index (κ1) is 12.6. The van der Waals surface area contributed by atoms with Gasteiger partial charge in [0, 0.05) is 25.0 Å². The zero-order valence-corrected chi connectivity index (χ0v) is 9.99. The normalized spacial score (nSPS) is 10.2. The van der Waals surface area contributed by atoms with Crippen molar-refractivity contribution in [1.29, 1.82) is 0 Å². The summed E-state index contributed by atoms with van der Waals surface area (Å²) in [6, 6.07) is 3.80. The number of rotatable bonds is 3. The first-order valence-corrected chi connectivity index (χ1v) is 5.33. The maximum Gasteiger partial charge on any atom is 0.339 e. The number of nitrogens with zero attached hydrogens (tertiary/aromatic N) is 2. The van der Waals surface area contributed by atoms with Gasteiger partial charge in [-0.05, 0) is 12.1 Å². The van der Waals surface area contributed by atoms with Crippen LogP contribution < -0.4 is 5.32 Å². The highest BCUT2D eigenvalue weighted by Crippen LogP contribution is 2.22. The highest BCUT2D eigenvalue weighted by molar-refractivity contribution is 6.04. The zero-order chi connectivity index (χ0) is 14.0. The van der Waals surface area contributed by atoms with Crippen molar-refractivity contribution in [2.45, 2.75) is 0 Å². The Hall–Kier alpha value is -2.83. The molecular weight excluding hydrogens is 250 g/mol. The molecule has 7 heteroatoms. The number of carbonyl (C=O) groups excluding carboxylic acids is 1. The first-order valence-electron chi connectivity index (χ1n) is 5.33. The van der Waals surface area contributed by atoms with E-state index in [4.69, 9.17) is 5.11 Å². The molecule has 1 aromatic heterocycles. The van der Waals surface area contributed by atoms with E-state index in [2.05, 4.69) is 10.4 Å². The standard InChI is InChI=1S/C12H11N3O4/c1-15-6-7(5-13-15)11(17)14-8-2-3-9(12(18)19)10(16)4-8/h2-6,16H,1H3,(H,14,17)(H,18,19). The SMILES string of the molecule is Cn1cc(C(=O)Nc2ccc(C(=O)O)c(O)c2)cn1. The Balaban J connectivity index is 2.18. The van der Waals surface area contributed by atoms with Crippen molar-refractivity contribution in [2.75, 3.05) is 5.32 Å². The quantitative estimate of drug-likeness (QED) is 0.766. The van der Waals surface area contributed by atoms with Crippen molar-refractivity contribution in [3.8, 4) is 5.75 Å². The molecule has 1 aromatic carbocycles. The fourth-order valence-corrected chi connectivity index (χ4v) is 1.53. The molecule has 2 aromatic rings. The van der Waals surface area contributed by atoms with Crippen LogP contribution in [0.4, 0.5) is 5.69 Å². The number of hydrogen-bond acceptors (Lipinski definition) is 4. The molecule has 98 valence electrons. The van der Waals surface area contributed by atoms with Gasteiger partial charge < -0.3 is 15.5 Å². The molecule has 0 aliphatic carbocycles. The van der Waals surface area contributed by atoms with Gasteiger partial charge in [-0.15, -0.1) is 0 Å². The van der Waals surface area contributed by atoms with E-state index >= 15 is 0 Å². The second-order valence-electron chi connectivity index (χ2n) is 3.89. The summed E-state index contributed by atoms with van der Waals surface area (Å²) in [6.45, 7) is 0. The average Bonchev–Trinajstić information content (AvgIpc) is 2.75. The molecule has 1 heterocycles. The number of benzene rings is 1. The van der Waals surface area contributed by atoms with Crippen LogP contribution in [0.2, 0.25) is 0 Å². The number of aromatic nitrogens is 2. The molecule has 0 spiro atoms. The summed E-state index contributed by atoms with van der Waals surface area (Å²) in [5.41, 5.74) is 0.444. The molecule has 0 fully saturated rings. The number of aromatic carboxylic acids is 1. The van der Waals surface area contributed by atoms with Crippen molar-refractivity contribution >= 4 is 17.6 Å². The number of amides is 1. The van der Waals surface area contributed by atoms with Crippen LogP contribution in [0.3, 0.4) is 0 Å². The number of anilines is 1. The van der Waals surface area contributed by atoms with Crippen LogP contribution >= 0.6 is 0 Å². The van der Waals surface area contributed by atoms with Gasteiger partial charge in [0.25, 0.3) is 5.91 Å². The summed E-state index contributed by atoms with van der Waals surface area (Å²) in [4.78, 5) is 22.5. The number of phenols is 1. The third-order valence-corrected chi connectivity index (χ3v) is 2.45. The Labute approximate surface area is 108 Å². The smallest absolute Gasteiger partial charge is 0.339 e. The Kier molecular flexibility index (Phi) is 3.19. The van der Waals surface area contributed by atoms with Crippen molar-refractivity contribution in [1.82, 2.24) is 9.78 Å². The molecule has 19 heavy (non-hydrogen) atoms. The average molecular weight is 261 g/mol. The topological polar surface area (TPSA) is 104 Å². The van der Waals surface area contributed by atoms with Crippen molar-refractivity contribution in [3.05, 3.63) is 41.7 Å². The van der Waals surface area contributed by atoms with Crippen LogP contribution in [0.1, 0.15) is 20.7 Å². The lowest BCUT2D eigenvalue weighted by Gasteiger charge is -2.05. The Morgan fingerprint density at radius 2 is 2.11 bits per heavy atom. The molecule has 0 saturated carbocycles. The van der Waals surface area contributed by atoms with Crippen LogP contribution in [0.5, 0.6) is 5.75 Å². The minimum atomic E-state index is -1.23. The predicted octanol–water partition coefficient (Wildman–Crippen LogP) is 1.08. The summed E-state index contributed by atoms with van der Waals surface area (Å²) in [5, 5.41) is 24.7. The molecule has 0 saturated heterocycles. The van der Waals surface area contributed by atoms with Gasteiger partial charge in [0.15, 0.2) is 0 Å². The molecule has 0 bridgehead atoms. The maximum absolute atomic E-state index is 11.8. The number of carbonyl (C=O) groups is 2. The number of carboxylic acids is 1. The molecule has 0 unspecified atom stereocenters. The summed E-state index contributed by atoms with van der Waals surface area (Å²) in [5.74, 6) is -2.03. The molecule has 3 N–H and O–H groups in total. The van der Waals surface area contributed by atoms with Gasteiger partial charge in [-0.2, -0.15) is 5.10 Å². The van der Waals surface area contributed by atoms with Crippen LogP contribution in [-0.4, -0.2) is 31.9 Å². The van der Waals surface area contributed by atoms with Gasteiger partial charge in [0.2, 0.25) is 0 Å². The molecule has 0 aliphatic heterocycles. The minimum absolute atomic E-state index is 0.223. The van der Waals surface area contributed by atoms with E-state index in [1.54, 1.807) is 13.2 Å². The van der Waals surface area contributed by atoms with Crippen molar-refractivity contribution < 1.29 is 19.8 Å². The molecule has 2 rings (SSSR count). The van der Waals surface area contributed by atoms with E-state index in [1.165, 1.54) is 29.1 Å². The lowest BCUT2D eigenvalue weighted by molar-refractivity contribution is 0.0693. The number of nitrogens with one attached hydrogen (secondary N) is 1. The number of aromatic hydroxyl groups is 1. The monoisotopic (exact) mass is 261 g/mol. The van der Waals surface area contributed by atoms with Crippen molar-refractivity contribution in [3.63, 3.8) is 0 Å². The van der Waals surface area contributed by atoms with Crippen LogP contribution in [0.25, 0.3) is 0 Å². The highest BCUT2D eigenvalue weighted by atomic mass is 16.4. The molecule has 1 amide bonds. The Bertz CT molecular complexity index is 648. The van der Waals surface area contributed by atoms with E-state index in [-0.39, 0.29) is 5.56 Å². The molecule has 0 atom stereocenters. The maximum atomic E-state index is 11.8. The van der Waals surface area contributed by atoms with Gasteiger partial charge >= 0.3 is 5.97 Å². The summed E-state index contributed by atoms with van der Waals surface area (Å²) in [7, 11) is 1.68. The summed E-state index contributed by atoms with van der Waals surface area (Å²) < 4.78 is 1.49. The third kappa shape index (κ3) is 2.71. The molecule has 0 radical (unpaired) electrons. The van der Waals surface area contributed by atoms with Gasteiger partial charge in [0.05, 0.1) is 11.8 Å². The summed E-state index contributed by atoms with van der Waals surface area (Å²) >= 11 is 0. The second-order valence-corrected chi connectivity index (χ2v) is 3.89. The van der Waals surface area contributed by atoms with Gasteiger partial charge in [-0.3, -0.25) is 9.48 Å². The third-order valence-electron chi connectivity index (χ3n) is 2.45. The van der Waals surface area contributed by atoms with Gasteiger partial charge in [-0.25, -0.2) is 4.79 Å². The second kappa shape index (κ2) is 4.81. The number of carboxylic acid groups (broad SMARTS) is 1. The first-order chi connectivity index (χ1) is 8.97. The van der Waals surface area contributed by atoms with Crippen LogP contribution in [0.15, 0.2) is 30.6 Å². The lowest BCUT2D eigenvalue weighted by atomic mass is 10.2. The number of aryl methyl sites for hydroxylation is 1. The molecular formula is C12H11N3O4. The van der Waals surface area contributed by atoms with E-state index in [0.29, 0.717) is 11.3 Å². The Morgan fingerprint density at radius 3 is 2.63 bits per heavy atom. The minimum Gasteiger partial charge on any atom is -0.507 e. The van der Waals surface area contributed by atoms with Crippen LogP contribution in [0, 0.1) is 0 Å². The summed E-state index contributed by atoms with van der Waals surface area (Å²) in [6.07, 6.45) is 2.95. The Morgan fingerprint density at radius 1 is 1.37 bits per heavy atom. The van der Waals surface area contributed by atoms with E-state index < -0.39 is 17.6 Å². The number of hydrogen-bond donors (Lipinski definition) is 3. The predicted molar refractivity (Wildman–Crippen MR) is 66.2 cm³/mol. The van der Waals surface area contributed by atoms with Gasteiger partial charge in [0.1, 0.15) is 11.3 Å². The van der Waals surface area contributed by atoms with Gasteiger partial charge in [-0.1, -0.05) is 0 Å². The van der Waals surface area contributed by atoms with Crippen molar-refractivity contribution in [2.24, 2.45) is 7.05 Å². The van der Waals surface area contributed by atoms with E-state index in [1.807, 2.05) is 0 Å². The van der Waals surface area contributed by atoms with E-state index in [0.717, 1.165) is 0 Å². The fraction of sp³-hybridized carbons (Fsp3) is 0.0833. The molecule has 7 nitrogen and oxygen atoms in total. The molecule has 0 aliphatic rings. The largest absolute Gasteiger partial charge is 0.507 e. The van der Waals surface area contributed by atoms with E-state index in [9.17, 15) is 14.7 Å². The highest BCUT2D eigenvalue weighted by Gasteiger charge is 2.12. The zero-order valence-electron chi connectivity index (χ0n) is 9.99.